The predicted molar refractivity (Wildman–Crippen MR) is 128 cm³/mol. The number of carbonyl (C=O) groups is 1. The minimum Gasteiger partial charge on any atom is -0.455 e. The van der Waals surface area contributed by atoms with Gasteiger partial charge in [-0.15, -0.1) is 10.2 Å². The number of hydrogen-bond acceptors (Lipinski definition) is 5. The second-order valence-corrected chi connectivity index (χ2v) is 8.37. The number of ether oxygens (including phenoxy) is 1. The molecule has 6 nitrogen and oxygen atoms in total. The Labute approximate surface area is 191 Å². The summed E-state index contributed by atoms with van der Waals surface area (Å²) in [5.41, 5.74) is 3.94. The van der Waals surface area contributed by atoms with Gasteiger partial charge in [0.25, 0.3) is 0 Å². The van der Waals surface area contributed by atoms with Crippen molar-refractivity contribution >= 4 is 23.4 Å². The summed E-state index contributed by atoms with van der Waals surface area (Å²) in [6, 6.07) is 23.2. The molecule has 0 unspecified atom stereocenters. The zero-order valence-corrected chi connectivity index (χ0v) is 19.0. The first-order chi connectivity index (χ1) is 15.5. The molecule has 0 saturated heterocycles. The lowest BCUT2D eigenvalue weighted by atomic mass is 10.1. The summed E-state index contributed by atoms with van der Waals surface area (Å²) in [6.07, 6.45) is 0. The van der Waals surface area contributed by atoms with Gasteiger partial charge in [0.2, 0.25) is 5.91 Å². The highest BCUT2D eigenvalue weighted by molar-refractivity contribution is 7.99. The summed E-state index contributed by atoms with van der Waals surface area (Å²) in [6.45, 7) is 4.07. The number of nitrogens with zero attached hydrogens (tertiary/aromatic N) is 3. The average Bonchev–Trinajstić information content (AvgIpc) is 3.15. The van der Waals surface area contributed by atoms with Crippen molar-refractivity contribution in [1.82, 2.24) is 14.8 Å². The standard InChI is InChI=1S/C25H24N4O2S/c1-17-12-14-19(15-13-17)31-22-11-7-6-10-21(22)26-23(30)16-32-25-28-27-24(29(25)3)20-9-5-4-8-18(20)2/h4-15H,16H2,1-3H3,(H,26,30). The molecule has 4 aromatic rings. The molecule has 32 heavy (non-hydrogen) atoms. The van der Waals surface area contributed by atoms with Gasteiger partial charge < -0.3 is 14.6 Å². The molecule has 1 N–H and O–H groups in total. The molecule has 0 saturated carbocycles. The largest absolute Gasteiger partial charge is 0.455 e. The Morgan fingerprint density at radius 2 is 1.69 bits per heavy atom. The lowest BCUT2D eigenvalue weighted by Crippen LogP contribution is -2.15. The number of thioether (sulfide) groups is 1. The van der Waals surface area contributed by atoms with Gasteiger partial charge in [-0.25, -0.2) is 0 Å². The molecule has 0 atom stereocenters. The van der Waals surface area contributed by atoms with Crippen molar-refractivity contribution in [1.29, 1.82) is 0 Å². The van der Waals surface area contributed by atoms with Crippen LogP contribution in [0.5, 0.6) is 11.5 Å². The van der Waals surface area contributed by atoms with Gasteiger partial charge in [0.15, 0.2) is 16.7 Å². The second kappa shape index (κ2) is 9.70. The molecule has 162 valence electrons. The Morgan fingerprint density at radius 3 is 2.47 bits per heavy atom. The van der Waals surface area contributed by atoms with Crippen LogP contribution in [0.15, 0.2) is 78.0 Å². The molecule has 1 heterocycles. The molecule has 0 aliphatic rings. The van der Waals surface area contributed by atoms with Crippen molar-refractivity contribution in [3.8, 4) is 22.9 Å². The van der Waals surface area contributed by atoms with E-state index in [1.54, 1.807) is 0 Å². The topological polar surface area (TPSA) is 69.0 Å². The van der Waals surface area contributed by atoms with Crippen LogP contribution in [0.1, 0.15) is 11.1 Å². The Bertz CT molecular complexity index is 1230. The van der Waals surface area contributed by atoms with Crippen LogP contribution in [0.25, 0.3) is 11.4 Å². The molecular formula is C25H24N4O2S. The van der Waals surface area contributed by atoms with Gasteiger partial charge in [-0.3, -0.25) is 4.79 Å². The van der Waals surface area contributed by atoms with E-state index in [4.69, 9.17) is 4.74 Å². The van der Waals surface area contributed by atoms with Gasteiger partial charge in [0.05, 0.1) is 11.4 Å². The molecule has 0 radical (unpaired) electrons. The Kier molecular flexibility index (Phi) is 6.56. The van der Waals surface area contributed by atoms with E-state index in [1.807, 2.05) is 98.3 Å². The Morgan fingerprint density at radius 1 is 0.969 bits per heavy atom. The number of carbonyl (C=O) groups excluding carboxylic acids is 1. The number of nitrogens with one attached hydrogen (secondary N) is 1. The zero-order valence-electron chi connectivity index (χ0n) is 18.2. The fourth-order valence-electron chi connectivity index (χ4n) is 3.21. The number of para-hydroxylation sites is 2. The summed E-state index contributed by atoms with van der Waals surface area (Å²) < 4.78 is 7.87. The molecule has 7 heteroatoms. The van der Waals surface area contributed by atoms with Crippen molar-refractivity contribution in [2.24, 2.45) is 7.05 Å². The molecule has 0 fully saturated rings. The molecule has 0 aliphatic heterocycles. The number of aromatic nitrogens is 3. The first kappa shape index (κ1) is 21.6. The SMILES string of the molecule is Cc1ccc(Oc2ccccc2NC(=O)CSc2nnc(-c3ccccc3C)n2C)cc1. The lowest BCUT2D eigenvalue weighted by Gasteiger charge is -2.12. The van der Waals surface area contributed by atoms with Gasteiger partial charge in [0.1, 0.15) is 5.75 Å². The summed E-state index contributed by atoms with van der Waals surface area (Å²) in [5.74, 6) is 2.15. The number of hydrogen-bond donors (Lipinski definition) is 1. The summed E-state index contributed by atoms with van der Waals surface area (Å²) in [5, 5.41) is 12.2. The molecule has 3 aromatic carbocycles. The number of rotatable bonds is 7. The fraction of sp³-hybridized carbons (Fsp3) is 0.160. The average molecular weight is 445 g/mol. The quantitative estimate of drug-likeness (QED) is 0.375. The van der Waals surface area contributed by atoms with E-state index in [1.165, 1.54) is 11.8 Å². The molecule has 0 spiro atoms. The van der Waals surface area contributed by atoms with Crippen LogP contribution < -0.4 is 10.1 Å². The maximum Gasteiger partial charge on any atom is 0.234 e. The fourth-order valence-corrected chi connectivity index (χ4v) is 3.92. The van der Waals surface area contributed by atoms with Crippen molar-refractivity contribution in [2.45, 2.75) is 19.0 Å². The van der Waals surface area contributed by atoms with Crippen LogP contribution in [0.4, 0.5) is 5.69 Å². The Balaban J connectivity index is 1.41. The molecule has 1 amide bonds. The highest BCUT2D eigenvalue weighted by Gasteiger charge is 2.15. The smallest absolute Gasteiger partial charge is 0.234 e. The third-order valence-corrected chi connectivity index (χ3v) is 5.98. The van der Waals surface area contributed by atoms with Gasteiger partial charge in [0, 0.05) is 12.6 Å². The lowest BCUT2D eigenvalue weighted by molar-refractivity contribution is -0.113. The molecule has 0 aliphatic carbocycles. The second-order valence-electron chi connectivity index (χ2n) is 7.43. The summed E-state index contributed by atoms with van der Waals surface area (Å²) in [7, 11) is 1.91. The van der Waals surface area contributed by atoms with Crippen molar-refractivity contribution in [2.75, 3.05) is 11.1 Å². The molecular weight excluding hydrogens is 420 g/mol. The van der Waals surface area contributed by atoms with Crippen LogP contribution in [-0.2, 0) is 11.8 Å². The zero-order chi connectivity index (χ0) is 22.5. The minimum atomic E-state index is -0.143. The van der Waals surface area contributed by atoms with E-state index in [2.05, 4.69) is 15.5 Å². The van der Waals surface area contributed by atoms with Gasteiger partial charge in [-0.05, 0) is 43.7 Å². The van der Waals surface area contributed by atoms with Gasteiger partial charge >= 0.3 is 0 Å². The Hall–Kier alpha value is -3.58. The van der Waals surface area contributed by atoms with Gasteiger partial charge in [-0.1, -0.05) is 65.9 Å². The molecule has 4 rings (SSSR count). The van der Waals surface area contributed by atoms with Crippen LogP contribution >= 0.6 is 11.8 Å². The van der Waals surface area contributed by atoms with E-state index in [-0.39, 0.29) is 11.7 Å². The van der Waals surface area contributed by atoms with Gasteiger partial charge in [-0.2, -0.15) is 0 Å². The van der Waals surface area contributed by atoms with Crippen molar-refractivity contribution < 1.29 is 9.53 Å². The van der Waals surface area contributed by atoms with E-state index in [0.717, 1.165) is 28.3 Å². The van der Waals surface area contributed by atoms with E-state index >= 15 is 0 Å². The van der Waals surface area contributed by atoms with Crippen LogP contribution in [-0.4, -0.2) is 26.4 Å². The summed E-state index contributed by atoms with van der Waals surface area (Å²) in [4.78, 5) is 12.6. The van der Waals surface area contributed by atoms with E-state index in [9.17, 15) is 4.79 Å². The van der Waals surface area contributed by atoms with Crippen molar-refractivity contribution in [3.05, 3.63) is 83.9 Å². The maximum atomic E-state index is 12.6. The van der Waals surface area contributed by atoms with Crippen molar-refractivity contribution in [3.63, 3.8) is 0 Å². The third kappa shape index (κ3) is 5.00. The third-order valence-electron chi connectivity index (χ3n) is 4.96. The van der Waals surface area contributed by atoms with E-state index < -0.39 is 0 Å². The predicted octanol–water partition coefficient (Wildman–Crippen LogP) is 5.62. The van der Waals surface area contributed by atoms with Crippen LogP contribution in [0.2, 0.25) is 0 Å². The minimum absolute atomic E-state index is 0.143. The number of anilines is 1. The summed E-state index contributed by atoms with van der Waals surface area (Å²) >= 11 is 1.34. The normalized spacial score (nSPS) is 10.7. The molecule has 0 bridgehead atoms. The number of benzene rings is 3. The van der Waals surface area contributed by atoms with Crippen LogP contribution in [0, 0.1) is 13.8 Å². The number of amides is 1. The first-order valence-corrected chi connectivity index (χ1v) is 11.2. The maximum absolute atomic E-state index is 12.6. The first-order valence-electron chi connectivity index (χ1n) is 10.2. The van der Waals surface area contributed by atoms with E-state index in [0.29, 0.717) is 16.6 Å². The molecule has 1 aromatic heterocycles. The van der Waals surface area contributed by atoms with Crippen LogP contribution in [0.3, 0.4) is 0 Å². The highest BCUT2D eigenvalue weighted by atomic mass is 32.2. The number of aryl methyl sites for hydroxylation is 2. The highest BCUT2D eigenvalue weighted by Crippen LogP contribution is 2.30. The monoisotopic (exact) mass is 444 g/mol.